The topological polar surface area (TPSA) is 84.1 Å². The Kier molecular flexibility index (Phi) is 5.55. The summed E-state index contributed by atoms with van der Waals surface area (Å²) in [5, 5.41) is 5.49. The number of methoxy groups -OCH3 is 1. The van der Waals surface area contributed by atoms with E-state index in [1.165, 1.54) is 30.2 Å². The second-order valence-corrected chi connectivity index (χ2v) is 8.50. The van der Waals surface area contributed by atoms with Crippen LogP contribution in [0.2, 0.25) is 0 Å². The van der Waals surface area contributed by atoms with Gasteiger partial charge < -0.3 is 15.0 Å². The number of anilines is 1. The van der Waals surface area contributed by atoms with Gasteiger partial charge in [-0.05, 0) is 17.0 Å². The molecule has 6 nitrogen and oxygen atoms in total. The van der Waals surface area contributed by atoms with E-state index in [0.29, 0.717) is 28.0 Å². The van der Waals surface area contributed by atoms with E-state index in [9.17, 15) is 9.59 Å². The van der Waals surface area contributed by atoms with Crippen LogP contribution >= 0.6 is 23.1 Å². The molecule has 0 spiro atoms. The van der Waals surface area contributed by atoms with Crippen molar-refractivity contribution < 1.29 is 9.53 Å². The van der Waals surface area contributed by atoms with Crippen molar-refractivity contribution in [2.45, 2.75) is 16.8 Å². The molecule has 0 amide bonds. The molecule has 4 rings (SSSR count). The van der Waals surface area contributed by atoms with Gasteiger partial charge in [0.05, 0.1) is 12.7 Å². The van der Waals surface area contributed by atoms with Gasteiger partial charge >= 0.3 is 5.97 Å². The fourth-order valence-corrected chi connectivity index (χ4v) is 5.11. The fourth-order valence-electron chi connectivity index (χ4n) is 3.42. The van der Waals surface area contributed by atoms with Crippen molar-refractivity contribution in [1.82, 2.24) is 9.97 Å². The molecule has 2 N–H and O–H groups in total. The van der Waals surface area contributed by atoms with Gasteiger partial charge in [-0.2, -0.15) is 0 Å². The number of benzene rings is 1. The van der Waals surface area contributed by atoms with Crippen LogP contribution in [0, 0.1) is 5.92 Å². The summed E-state index contributed by atoms with van der Waals surface area (Å²) in [4.78, 5) is 33.9. The maximum atomic E-state index is 13.0. The number of carbonyl (C=O) groups is 1. The Morgan fingerprint density at radius 1 is 1.28 bits per heavy atom. The number of esters is 1. The van der Waals surface area contributed by atoms with Crippen LogP contribution < -0.4 is 10.9 Å². The molecule has 29 heavy (non-hydrogen) atoms. The Bertz CT molecular complexity index is 1090. The van der Waals surface area contributed by atoms with Gasteiger partial charge in [-0.3, -0.25) is 9.59 Å². The molecule has 2 aromatic heterocycles. The van der Waals surface area contributed by atoms with E-state index in [0.717, 1.165) is 10.4 Å². The second-order valence-electron chi connectivity index (χ2n) is 6.55. The third-order valence-corrected chi connectivity index (χ3v) is 6.66. The largest absolute Gasteiger partial charge is 0.468 e. The number of rotatable bonds is 5. The lowest BCUT2D eigenvalue weighted by Crippen LogP contribution is -2.37. The Balaban J connectivity index is 1.73. The van der Waals surface area contributed by atoms with E-state index in [2.05, 4.69) is 21.9 Å². The molecule has 0 radical (unpaired) electrons. The van der Waals surface area contributed by atoms with Crippen molar-refractivity contribution in [2.24, 2.45) is 5.92 Å². The zero-order valence-corrected chi connectivity index (χ0v) is 17.3. The minimum Gasteiger partial charge on any atom is -0.468 e. The SMILES string of the molecule is C=C1Nc2nc(SCc3ccccc3)[nH]c(=O)c2[C@H](c2cccs2)[C@@H]1C(=O)OC. The molecule has 1 aliphatic rings. The molecule has 0 aliphatic carbocycles. The van der Waals surface area contributed by atoms with Gasteiger partial charge in [0.15, 0.2) is 5.16 Å². The number of thioether (sulfide) groups is 1. The molecular weight excluding hydrogens is 406 g/mol. The summed E-state index contributed by atoms with van der Waals surface area (Å²) in [5.74, 6) is -0.503. The first kappa shape index (κ1) is 19.5. The minimum atomic E-state index is -0.697. The number of thiophene rings is 1. The second kappa shape index (κ2) is 8.26. The lowest BCUT2D eigenvalue weighted by atomic mass is 9.81. The summed E-state index contributed by atoms with van der Waals surface area (Å²) < 4.78 is 4.98. The molecule has 8 heteroatoms. The third-order valence-electron chi connectivity index (χ3n) is 4.76. The average Bonchev–Trinajstić information content (AvgIpc) is 3.26. The number of nitrogens with one attached hydrogen (secondary N) is 2. The summed E-state index contributed by atoms with van der Waals surface area (Å²) >= 11 is 2.93. The van der Waals surface area contributed by atoms with Gasteiger partial charge in [0.1, 0.15) is 11.7 Å². The van der Waals surface area contributed by atoms with Gasteiger partial charge in [-0.1, -0.05) is 54.7 Å². The van der Waals surface area contributed by atoms with E-state index in [1.807, 2.05) is 47.8 Å². The van der Waals surface area contributed by atoms with Crippen LogP contribution in [0.15, 0.2) is 70.1 Å². The molecule has 0 fully saturated rings. The van der Waals surface area contributed by atoms with Gasteiger partial charge in [-0.15, -0.1) is 11.3 Å². The van der Waals surface area contributed by atoms with Crippen LogP contribution in [0.1, 0.15) is 21.9 Å². The molecule has 3 heterocycles. The van der Waals surface area contributed by atoms with E-state index in [-0.39, 0.29) is 5.56 Å². The maximum absolute atomic E-state index is 13.0. The van der Waals surface area contributed by atoms with E-state index >= 15 is 0 Å². The zero-order chi connectivity index (χ0) is 20.4. The summed E-state index contributed by atoms with van der Waals surface area (Å²) in [6, 6.07) is 13.8. The predicted octanol–water partition coefficient (Wildman–Crippen LogP) is 3.98. The number of H-pyrrole nitrogens is 1. The molecule has 0 saturated carbocycles. The van der Waals surface area contributed by atoms with Gasteiger partial charge in [-0.25, -0.2) is 4.98 Å². The Hall–Kier alpha value is -2.84. The first-order valence-corrected chi connectivity index (χ1v) is 10.8. The van der Waals surface area contributed by atoms with Crippen molar-refractivity contribution in [2.75, 3.05) is 12.4 Å². The molecule has 1 aromatic carbocycles. The van der Waals surface area contributed by atoms with Crippen LogP contribution in [0.5, 0.6) is 0 Å². The Morgan fingerprint density at radius 3 is 2.76 bits per heavy atom. The monoisotopic (exact) mass is 425 g/mol. The van der Waals surface area contributed by atoms with Crippen molar-refractivity contribution in [3.05, 3.63) is 86.5 Å². The van der Waals surface area contributed by atoms with Gasteiger partial charge in [0, 0.05) is 22.2 Å². The zero-order valence-electron chi connectivity index (χ0n) is 15.7. The lowest BCUT2D eigenvalue weighted by molar-refractivity contribution is -0.144. The summed E-state index contributed by atoms with van der Waals surface area (Å²) in [7, 11) is 1.34. The first-order valence-electron chi connectivity index (χ1n) is 8.96. The molecule has 2 atom stereocenters. The average molecular weight is 426 g/mol. The van der Waals surface area contributed by atoms with Crippen molar-refractivity contribution in [1.29, 1.82) is 0 Å². The van der Waals surface area contributed by atoms with Gasteiger partial charge in [0.2, 0.25) is 0 Å². The number of aromatic amines is 1. The summed E-state index contributed by atoms with van der Waals surface area (Å²) in [6.07, 6.45) is 0. The molecule has 3 aromatic rings. The number of hydrogen-bond acceptors (Lipinski definition) is 7. The third kappa shape index (κ3) is 3.86. The van der Waals surface area contributed by atoms with E-state index < -0.39 is 17.8 Å². The van der Waals surface area contributed by atoms with Crippen LogP contribution in [-0.4, -0.2) is 23.0 Å². The molecule has 0 saturated heterocycles. The highest BCUT2D eigenvalue weighted by atomic mass is 32.2. The molecule has 0 unspecified atom stereocenters. The maximum Gasteiger partial charge on any atom is 0.315 e. The standard InChI is InChI=1S/C21H19N3O3S2/c1-12-15(20(26)27-2)16(14-9-6-10-28-14)17-18(22-12)23-21(24-19(17)25)29-11-13-7-4-3-5-8-13/h3-10,15-16H,1,11H2,2H3,(H2,22,23,24,25)/t15-,16-/m1/s1. The molecule has 1 aliphatic heterocycles. The highest BCUT2D eigenvalue weighted by Gasteiger charge is 2.42. The summed E-state index contributed by atoms with van der Waals surface area (Å²) in [6.45, 7) is 4.01. The van der Waals surface area contributed by atoms with Crippen molar-refractivity contribution in [3.63, 3.8) is 0 Å². The van der Waals surface area contributed by atoms with Crippen LogP contribution in [0.25, 0.3) is 0 Å². The number of carbonyl (C=O) groups excluding carboxylic acids is 1. The smallest absolute Gasteiger partial charge is 0.315 e. The van der Waals surface area contributed by atoms with Crippen molar-refractivity contribution >= 4 is 34.9 Å². The Labute approximate surface area is 176 Å². The number of fused-ring (bicyclic) bond motifs is 1. The number of ether oxygens (including phenoxy) is 1. The molecule has 148 valence electrons. The minimum absolute atomic E-state index is 0.266. The van der Waals surface area contributed by atoms with Crippen LogP contribution in [-0.2, 0) is 15.3 Å². The van der Waals surface area contributed by atoms with Crippen LogP contribution in [0.4, 0.5) is 5.82 Å². The Morgan fingerprint density at radius 2 is 2.07 bits per heavy atom. The van der Waals surface area contributed by atoms with Crippen molar-refractivity contribution in [3.8, 4) is 0 Å². The fraction of sp³-hybridized carbons (Fsp3) is 0.190. The van der Waals surface area contributed by atoms with E-state index in [4.69, 9.17) is 4.74 Å². The number of hydrogen-bond donors (Lipinski definition) is 2. The highest BCUT2D eigenvalue weighted by Crippen LogP contribution is 2.43. The normalized spacial score (nSPS) is 18.0. The van der Waals surface area contributed by atoms with Crippen LogP contribution in [0.3, 0.4) is 0 Å². The molecular formula is C21H19N3O3S2. The van der Waals surface area contributed by atoms with E-state index in [1.54, 1.807) is 0 Å². The number of aromatic nitrogens is 2. The highest BCUT2D eigenvalue weighted by molar-refractivity contribution is 7.98. The number of nitrogens with zero attached hydrogens (tertiary/aromatic N) is 1. The quantitative estimate of drug-likeness (QED) is 0.365. The first-order chi connectivity index (χ1) is 14.1. The summed E-state index contributed by atoms with van der Waals surface area (Å²) in [5.41, 5.74) is 1.77. The predicted molar refractivity (Wildman–Crippen MR) is 115 cm³/mol. The van der Waals surface area contributed by atoms with Gasteiger partial charge in [0.25, 0.3) is 5.56 Å². The lowest BCUT2D eigenvalue weighted by Gasteiger charge is -2.32. The molecule has 0 bridgehead atoms.